The number of nitrogens with two attached hydrogens (primary N) is 1. The van der Waals surface area contributed by atoms with E-state index in [0.29, 0.717) is 34.9 Å². The SMILES string of the molecule is N#CC(=Cc1c[nH]c2ncc(-c3ccc(=O)n(CC4CC4)c3)nc12)C(N)=O. The van der Waals surface area contributed by atoms with Gasteiger partial charge in [0.15, 0.2) is 5.65 Å². The molecule has 0 bridgehead atoms. The molecule has 1 aliphatic carbocycles. The van der Waals surface area contributed by atoms with E-state index in [1.807, 2.05) is 0 Å². The maximum absolute atomic E-state index is 12.0. The maximum atomic E-state index is 12.0. The molecule has 3 heterocycles. The predicted molar refractivity (Wildman–Crippen MR) is 99.1 cm³/mol. The fourth-order valence-corrected chi connectivity index (χ4v) is 2.88. The van der Waals surface area contributed by atoms with Crippen molar-refractivity contribution in [3.05, 3.63) is 52.2 Å². The molecule has 1 saturated carbocycles. The Morgan fingerprint density at radius 2 is 2.26 bits per heavy atom. The van der Waals surface area contributed by atoms with Gasteiger partial charge in [-0.15, -0.1) is 0 Å². The molecule has 0 saturated heterocycles. The maximum Gasteiger partial charge on any atom is 0.259 e. The molecule has 0 spiro atoms. The van der Waals surface area contributed by atoms with Crippen LogP contribution in [0.1, 0.15) is 18.4 Å². The molecular weight excluding hydrogens is 344 g/mol. The first kappa shape index (κ1) is 16.7. The Morgan fingerprint density at radius 1 is 1.44 bits per heavy atom. The summed E-state index contributed by atoms with van der Waals surface area (Å²) in [5.41, 5.74) is 7.95. The van der Waals surface area contributed by atoms with E-state index < -0.39 is 5.91 Å². The number of amides is 1. The second kappa shape index (κ2) is 6.53. The molecule has 0 aromatic carbocycles. The molecule has 3 aromatic heterocycles. The van der Waals surface area contributed by atoms with Gasteiger partial charge in [0, 0.05) is 36.1 Å². The van der Waals surface area contributed by atoms with E-state index in [4.69, 9.17) is 11.0 Å². The van der Waals surface area contributed by atoms with Crippen molar-refractivity contribution in [2.45, 2.75) is 19.4 Å². The molecular formula is C19H16N6O2. The first-order valence-electron chi connectivity index (χ1n) is 8.52. The summed E-state index contributed by atoms with van der Waals surface area (Å²) in [5.74, 6) is -0.228. The van der Waals surface area contributed by atoms with E-state index in [9.17, 15) is 9.59 Å². The van der Waals surface area contributed by atoms with Crippen molar-refractivity contribution in [1.29, 1.82) is 5.26 Å². The largest absolute Gasteiger partial charge is 0.365 e. The van der Waals surface area contributed by atoms with Crippen LogP contribution in [-0.2, 0) is 11.3 Å². The summed E-state index contributed by atoms with van der Waals surface area (Å²) in [5, 5.41) is 9.04. The standard InChI is InChI=1S/C19H16N6O2/c20-6-13(18(21)27)5-14-7-22-19-17(14)24-15(8-23-19)12-3-4-16(26)25(10-12)9-11-1-2-11/h3-5,7-8,10-11H,1-2,9H2,(H2,21,27)(H,22,23). The van der Waals surface area contributed by atoms with Gasteiger partial charge >= 0.3 is 0 Å². The van der Waals surface area contributed by atoms with Crippen LogP contribution in [-0.4, -0.2) is 25.4 Å². The zero-order chi connectivity index (χ0) is 19.0. The molecule has 0 radical (unpaired) electrons. The summed E-state index contributed by atoms with van der Waals surface area (Å²) in [7, 11) is 0. The molecule has 3 N–H and O–H groups in total. The summed E-state index contributed by atoms with van der Waals surface area (Å²) in [4.78, 5) is 35.3. The number of hydrogen-bond acceptors (Lipinski definition) is 5. The van der Waals surface area contributed by atoms with Crippen molar-refractivity contribution in [3.63, 3.8) is 0 Å². The van der Waals surface area contributed by atoms with Gasteiger partial charge in [0.2, 0.25) is 0 Å². The van der Waals surface area contributed by atoms with E-state index >= 15 is 0 Å². The van der Waals surface area contributed by atoms with E-state index in [1.165, 1.54) is 12.1 Å². The summed E-state index contributed by atoms with van der Waals surface area (Å²) >= 11 is 0. The van der Waals surface area contributed by atoms with Crippen LogP contribution in [0, 0.1) is 17.2 Å². The van der Waals surface area contributed by atoms with Crippen LogP contribution >= 0.6 is 0 Å². The minimum absolute atomic E-state index is 0.0370. The third-order valence-corrected chi connectivity index (χ3v) is 4.53. The average molecular weight is 360 g/mol. The Bertz CT molecular complexity index is 1180. The van der Waals surface area contributed by atoms with E-state index in [1.54, 1.807) is 35.3 Å². The van der Waals surface area contributed by atoms with Gasteiger partial charge < -0.3 is 15.3 Å². The molecule has 27 heavy (non-hydrogen) atoms. The van der Waals surface area contributed by atoms with E-state index in [2.05, 4.69) is 15.0 Å². The number of fused-ring (bicyclic) bond motifs is 1. The van der Waals surface area contributed by atoms with Crippen molar-refractivity contribution < 1.29 is 4.79 Å². The zero-order valence-corrected chi connectivity index (χ0v) is 14.3. The van der Waals surface area contributed by atoms with E-state index in [0.717, 1.165) is 18.4 Å². The highest BCUT2D eigenvalue weighted by Crippen LogP contribution is 2.30. The average Bonchev–Trinajstić information content (AvgIpc) is 3.39. The Hall–Kier alpha value is -3.73. The smallest absolute Gasteiger partial charge is 0.259 e. The first-order chi connectivity index (χ1) is 13.0. The van der Waals surface area contributed by atoms with Crippen molar-refractivity contribution in [1.82, 2.24) is 19.5 Å². The van der Waals surface area contributed by atoms with Crippen LogP contribution in [0.3, 0.4) is 0 Å². The van der Waals surface area contributed by atoms with Crippen molar-refractivity contribution in [2.24, 2.45) is 11.7 Å². The third kappa shape index (κ3) is 3.35. The number of hydrogen-bond donors (Lipinski definition) is 2. The number of aromatic amines is 1. The molecule has 8 nitrogen and oxygen atoms in total. The highest BCUT2D eigenvalue weighted by atomic mass is 16.1. The molecule has 1 amide bonds. The van der Waals surface area contributed by atoms with Crippen LogP contribution in [0.4, 0.5) is 0 Å². The lowest BCUT2D eigenvalue weighted by Crippen LogP contribution is -2.19. The Labute approximate surface area is 154 Å². The first-order valence-corrected chi connectivity index (χ1v) is 8.52. The normalized spacial score (nSPS) is 14.3. The number of nitrogens with one attached hydrogen (secondary N) is 1. The lowest BCUT2D eigenvalue weighted by molar-refractivity contribution is -0.114. The van der Waals surface area contributed by atoms with Crippen LogP contribution in [0.25, 0.3) is 28.5 Å². The lowest BCUT2D eigenvalue weighted by atomic mass is 10.1. The van der Waals surface area contributed by atoms with Crippen molar-refractivity contribution >= 4 is 23.1 Å². The zero-order valence-electron chi connectivity index (χ0n) is 14.3. The lowest BCUT2D eigenvalue weighted by Gasteiger charge is -2.07. The number of nitrogens with zero attached hydrogens (tertiary/aromatic N) is 4. The van der Waals surface area contributed by atoms with Gasteiger partial charge in [0.1, 0.15) is 17.2 Å². The molecule has 0 unspecified atom stereocenters. The number of primary amides is 1. The summed E-state index contributed by atoms with van der Waals surface area (Å²) in [6, 6.07) is 5.02. The number of aromatic nitrogens is 4. The Balaban J connectivity index is 1.77. The molecule has 1 fully saturated rings. The van der Waals surface area contributed by atoms with Gasteiger partial charge in [-0.2, -0.15) is 5.26 Å². The summed E-state index contributed by atoms with van der Waals surface area (Å²) < 4.78 is 1.71. The Morgan fingerprint density at radius 3 is 2.96 bits per heavy atom. The molecule has 0 atom stereocenters. The molecule has 1 aliphatic rings. The highest BCUT2D eigenvalue weighted by Gasteiger charge is 2.22. The number of nitriles is 1. The fourth-order valence-electron chi connectivity index (χ4n) is 2.88. The number of carbonyl (C=O) groups excluding carboxylic acids is 1. The van der Waals surface area contributed by atoms with Gasteiger partial charge in [0.25, 0.3) is 11.5 Å². The summed E-state index contributed by atoms with van der Waals surface area (Å²) in [6.07, 6.45) is 8.72. The van der Waals surface area contributed by atoms with Crippen LogP contribution in [0.15, 0.2) is 41.1 Å². The fraction of sp³-hybridized carbons (Fsp3) is 0.211. The third-order valence-electron chi connectivity index (χ3n) is 4.53. The van der Waals surface area contributed by atoms with Gasteiger partial charge in [-0.05, 0) is 30.9 Å². The van der Waals surface area contributed by atoms with Crippen LogP contribution in [0.2, 0.25) is 0 Å². The molecule has 8 heteroatoms. The number of rotatable bonds is 5. The van der Waals surface area contributed by atoms with Crippen molar-refractivity contribution in [3.8, 4) is 17.3 Å². The van der Waals surface area contributed by atoms with Gasteiger partial charge in [0.05, 0.1) is 11.9 Å². The second-order valence-corrected chi connectivity index (χ2v) is 6.58. The minimum atomic E-state index is -0.803. The highest BCUT2D eigenvalue weighted by molar-refractivity contribution is 6.02. The van der Waals surface area contributed by atoms with E-state index in [-0.39, 0.29) is 11.1 Å². The molecule has 0 aliphatic heterocycles. The monoisotopic (exact) mass is 360 g/mol. The predicted octanol–water partition coefficient (Wildman–Crippen LogP) is 1.59. The Kier molecular flexibility index (Phi) is 4.05. The molecule has 4 rings (SSSR count). The summed E-state index contributed by atoms with van der Waals surface area (Å²) in [6.45, 7) is 0.713. The van der Waals surface area contributed by atoms with Crippen molar-refractivity contribution in [2.75, 3.05) is 0 Å². The van der Waals surface area contributed by atoms with Gasteiger partial charge in [-0.25, -0.2) is 9.97 Å². The number of carbonyl (C=O) groups is 1. The number of H-pyrrole nitrogens is 1. The quantitative estimate of drug-likeness (QED) is 0.527. The number of pyridine rings is 1. The topological polar surface area (TPSA) is 130 Å². The van der Waals surface area contributed by atoms with Gasteiger partial charge in [-0.3, -0.25) is 9.59 Å². The second-order valence-electron chi connectivity index (χ2n) is 6.58. The van der Waals surface area contributed by atoms with Gasteiger partial charge in [-0.1, -0.05) is 0 Å². The minimum Gasteiger partial charge on any atom is -0.365 e. The molecule has 3 aromatic rings. The van der Waals surface area contributed by atoms with Crippen LogP contribution < -0.4 is 11.3 Å². The van der Waals surface area contributed by atoms with Crippen LogP contribution in [0.5, 0.6) is 0 Å². The molecule has 134 valence electrons.